The van der Waals surface area contributed by atoms with Gasteiger partial charge in [-0.3, -0.25) is 0 Å². The largest absolute Gasteiger partial charge is 0.375 e. The van der Waals surface area contributed by atoms with Gasteiger partial charge in [0.25, 0.3) is 0 Å². The van der Waals surface area contributed by atoms with Crippen LogP contribution in [0, 0.1) is 13.8 Å². The highest BCUT2D eigenvalue weighted by Crippen LogP contribution is 2.39. The first kappa shape index (κ1) is 14.0. The summed E-state index contributed by atoms with van der Waals surface area (Å²) in [5, 5.41) is 4.92. The zero-order valence-electron chi connectivity index (χ0n) is 12.0. The van der Waals surface area contributed by atoms with Gasteiger partial charge in [0.1, 0.15) is 5.01 Å². The second-order valence-corrected chi connectivity index (χ2v) is 6.64. The summed E-state index contributed by atoms with van der Waals surface area (Å²) < 4.78 is 5.88. The second kappa shape index (κ2) is 5.27. The van der Waals surface area contributed by atoms with Crippen molar-refractivity contribution in [3.05, 3.63) is 15.6 Å². The number of nitrogens with one attached hydrogen (secondary N) is 1. The SMILES string of the molecule is CCNC1(c2nc(C)c(C)s2)CC(C)OC(C)C1. The van der Waals surface area contributed by atoms with Gasteiger partial charge < -0.3 is 10.1 Å². The van der Waals surface area contributed by atoms with E-state index in [4.69, 9.17) is 9.72 Å². The van der Waals surface area contributed by atoms with E-state index in [-0.39, 0.29) is 17.7 Å². The number of thiazole rings is 1. The third kappa shape index (κ3) is 2.60. The molecule has 3 nitrogen and oxygen atoms in total. The topological polar surface area (TPSA) is 34.2 Å². The van der Waals surface area contributed by atoms with Crippen molar-refractivity contribution in [3.63, 3.8) is 0 Å². The van der Waals surface area contributed by atoms with Crippen molar-refractivity contribution >= 4 is 11.3 Å². The maximum atomic E-state index is 5.88. The monoisotopic (exact) mass is 268 g/mol. The molecule has 0 amide bonds. The average Bonchev–Trinajstić information content (AvgIpc) is 2.58. The summed E-state index contributed by atoms with van der Waals surface area (Å²) in [6.45, 7) is 11.7. The van der Waals surface area contributed by atoms with Crippen molar-refractivity contribution in [3.8, 4) is 0 Å². The third-order valence-electron chi connectivity index (χ3n) is 3.69. The van der Waals surface area contributed by atoms with Crippen LogP contribution in [0.5, 0.6) is 0 Å². The van der Waals surface area contributed by atoms with Crippen LogP contribution in [0.3, 0.4) is 0 Å². The maximum Gasteiger partial charge on any atom is 0.113 e. The van der Waals surface area contributed by atoms with Crippen LogP contribution in [-0.2, 0) is 10.3 Å². The molecule has 2 rings (SSSR count). The number of rotatable bonds is 3. The van der Waals surface area contributed by atoms with E-state index in [0.717, 1.165) is 19.4 Å². The average molecular weight is 268 g/mol. The number of hydrogen-bond acceptors (Lipinski definition) is 4. The quantitative estimate of drug-likeness (QED) is 0.914. The Morgan fingerprint density at radius 3 is 2.39 bits per heavy atom. The van der Waals surface area contributed by atoms with Crippen LogP contribution in [0.15, 0.2) is 0 Å². The fraction of sp³-hybridized carbons (Fsp3) is 0.786. The van der Waals surface area contributed by atoms with Crippen LogP contribution in [-0.4, -0.2) is 23.7 Å². The van der Waals surface area contributed by atoms with Crippen LogP contribution >= 0.6 is 11.3 Å². The molecule has 102 valence electrons. The fourth-order valence-electron chi connectivity index (χ4n) is 2.97. The van der Waals surface area contributed by atoms with Crippen LogP contribution < -0.4 is 5.32 Å². The highest BCUT2D eigenvalue weighted by atomic mass is 32.1. The molecule has 2 unspecified atom stereocenters. The second-order valence-electron chi connectivity index (χ2n) is 5.44. The van der Waals surface area contributed by atoms with Gasteiger partial charge in [-0.25, -0.2) is 4.98 Å². The predicted molar refractivity (Wildman–Crippen MR) is 76.2 cm³/mol. The van der Waals surface area contributed by atoms with Crippen LogP contribution in [0.4, 0.5) is 0 Å². The molecule has 1 aliphatic rings. The van der Waals surface area contributed by atoms with E-state index in [1.807, 2.05) is 11.3 Å². The molecule has 0 bridgehead atoms. The molecule has 1 aromatic rings. The molecule has 1 aliphatic heterocycles. The molecule has 0 aromatic carbocycles. The van der Waals surface area contributed by atoms with E-state index in [1.165, 1.54) is 15.6 Å². The highest BCUT2D eigenvalue weighted by Gasteiger charge is 2.41. The standard InChI is InChI=1S/C14H24N2OS/c1-6-15-14(7-9(2)17-10(3)8-14)13-16-11(4)12(5)18-13/h9-10,15H,6-8H2,1-5H3. The minimum Gasteiger partial charge on any atom is -0.375 e. The van der Waals surface area contributed by atoms with Crippen molar-refractivity contribution in [1.82, 2.24) is 10.3 Å². The smallest absolute Gasteiger partial charge is 0.113 e. The lowest BCUT2D eigenvalue weighted by Gasteiger charge is -2.42. The third-order valence-corrected chi connectivity index (χ3v) is 4.97. The van der Waals surface area contributed by atoms with Gasteiger partial charge in [0, 0.05) is 4.88 Å². The van der Waals surface area contributed by atoms with Crippen molar-refractivity contribution in [2.45, 2.75) is 65.2 Å². The van der Waals surface area contributed by atoms with Gasteiger partial charge in [-0.2, -0.15) is 0 Å². The number of hydrogen-bond donors (Lipinski definition) is 1. The van der Waals surface area contributed by atoms with Gasteiger partial charge in [0.15, 0.2) is 0 Å². The van der Waals surface area contributed by atoms with Gasteiger partial charge in [0.05, 0.1) is 23.4 Å². The molecule has 1 aromatic heterocycles. The van der Waals surface area contributed by atoms with E-state index in [1.54, 1.807) is 0 Å². The van der Waals surface area contributed by atoms with Gasteiger partial charge in [0.2, 0.25) is 0 Å². The molecular formula is C14H24N2OS. The van der Waals surface area contributed by atoms with Gasteiger partial charge in [-0.15, -0.1) is 11.3 Å². The van der Waals surface area contributed by atoms with E-state index < -0.39 is 0 Å². The molecule has 1 N–H and O–H groups in total. The molecule has 4 heteroatoms. The minimum atomic E-state index is 0.00944. The van der Waals surface area contributed by atoms with E-state index >= 15 is 0 Å². The van der Waals surface area contributed by atoms with Crippen LogP contribution in [0.25, 0.3) is 0 Å². The molecule has 0 spiro atoms. The molecule has 0 saturated carbocycles. The van der Waals surface area contributed by atoms with Crippen molar-refractivity contribution in [1.29, 1.82) is 0 Å². The zero-order chi connectivity index (χ0) is 13.3. The Labute approximate surface area is 114 Å². The van der Waals surface area contributed by atoms with Gasteiger partial charge >= 0.3 is 0 Å². The normalized spacial score (nSPS) is 32.7. The molecule has 18 heavy (non-hydrogen) atoms. The molecule has 2 heterocycles. The summed E-state index contributed by atoms with van der Waals surface area (Å²) in [5.41, 5.74) is 1.18. The highest BCUT2D eigenvalue weighted by molar-refractivity contribution is 7.11. The van der Waals surface area contributed by atoms with Crippen molar-refractivity contribution < 1.29 is 4.74 Å². The Kier molecular flexibility index (Phi) is 4.09. The maximum absolute atomic E-state index is 5.88. The Morgan fingerprint density at radius 2 is 1.94 bits per heavy atom. The van der Waals surface area contributed by atoms with Crippen LogP contribution in [0.2, 0.25) is 0 Å². The zero-order valence-corrected chi connectivity index (χ0v) is 12.9. The lowest BCUT2D eigenvalue weighted by atomic mass is 9.84. The summed E-state index contributed by atoms with van der Waals surface area (Å²) in [6, 6.07) is 0. The number of ether oxygens (including phenoxy) is 1. The first-order valence-corrected chi connectivity index (χ1v) is 7.63. The molecule has 0 aliphatic carbocycles. The summed E-state index contributed by atoms with van der Waals surface area (Å²) in [4.78, 5) is 6.12. The molecule has 2 atom stereocenters. The van der Waals surface area contributed by atoms with Crippen LogP contribution in [0.1, 0.15) is 49.2 Å². The summed E-state index contributed by atoms with van der Waals surface area (Å²) in [7, 11) is 0. The number of aryl methyl sites for hydroxylation is 2. The Hall–Kier alpha value is -0.450. The van der Waals surface area contributed by atoms with Crippen molar-refractivity contribution in [2.75, 3.05) is 6.54 Å². The molecule has 1 saturated heterocycles. The Morgan fingerprint density at radius 1 is 1.33 bits per heavy atom. The lowest BCUT2D eigenvalue weighted by molar-refractivity contribution is -0.0709. The fourth-order valence-corrected chi connectivity index (χ4v) is 4.07. The summed E-state index contributed by atoms with van der Waals surface area (Å²) in [6.07, 6.45) is 2.60. The summed E-state index contributed by atoms with van der Waals surface area (Å²) in [5.74, 6) is 0. The first-order valence-electron chi connectivity index (χ1n) is 6.82. The summed E-state index contributed by atoms with van der Waals surface area (Å²) >= 11 is 1.83. The first-order chi connectivity index (χ1) is 8.47. The molecule has 0 radical (unpaired) electrons. The van der Waals surface area contributed by atoms with Gasteiger partial charge in [-0.05, 0) is 47.1 Å². The lowest BCUT2D eigenvalue weighted by Crippen LogP contribution is -2.51. The predicted octanol–water partition coefficient (Wildman–Crippen LogP) is 3.15. The van der Waals surface area contributed by atoms with Gasteiger partial charge in [-0.1, -0.05) is 6.92 Å². The van der Waals surface area contributed by atoms with E-state index in [9.17, 15) is 0 Å². The minimum absolute atomic E-state index is 0.00944. The number of nitrogens with zero attached hydrogens (tertiary/aromatic N) is 1. The Balaban J connectivity index is 2.36. The van der Waals surface area contributed by atoms with E-state index in [0.29, 0.717) is 0 Å². The number of aromatic nitrogens is 1. The molecular weight excluding hydrogens is 244 g/mol. The Bertz CT molecular complexity index is 386. The molecule has 1 fully saturated rings. The van der Waals surface area contributed by atoms with Crippen molar-refractivity contribution in [2.24, 2.45) is 0 Å². The van der Waals surface area contributed by atoms with E-state index in [2.05, 4.69) is 39.9 Å².